The Hall–Kier alpha value is -1.46. The van der Waals surface area contributed by atoms with Crippen molar-refractivity contribution in [3.8, 4) is 11.5 Å². The second-order valence-corrected chi connectivity index (χ2v) is 5.00. The molecule has 2 rings (SSSR count). The fraction of sp³-hybridized carbons (Fsp3) is 0.500. The van der Waals surface area contributed by atoms with Crippen LogP contribution in [0.4, 0.5) is 0 Å². The Balaban J connectivity index is 2.09. The molecule has 0 radical (unpaired) electrons. The topological polar surface area (TPSA) is 65.0 Å². The largest absolute Gasteiger partial charge is 0.493 e. The second kappa shape index (κ2) is 6.81. The van der Waals surface area contributed by atoms with E-state index in [0.717, 1.165) is 25.9 Å². The van der Waals surface area contributed by atoms with Gasteiger partial charge in [-0.1, -0.05) is 11.6 Å². The maximum atomic E-state index is 11.2. The summed E-state index contributed by atoms with van der Waals surface area (Å²) >= 11 is 5.86. The molecule has 1 N–H and O–H groups in total. The molecule has 1 unspecified atom stereocenters. The number of hydrogen-bond acceptors (Lipinski definition) is 4. The van der Waals surface area contributed by atoms with Crippen LogP contribution in [0.25, 0.3) is 0 Å². The Kier molecular flexibility index (Phi) is 5.09. The minimum atomic E-state index is -1.10. The van der Waals surface area contributed by atoms with Crippen molar-refractivity contribution >= 4 is 17.6 Å². The number of halogens is 1. The van der Waals surface area contributed by atoms with Crippen molar-refractivity contribution in [3.63, 3.8) is 0 Å². The molecule has 5 nitrogen and oxygen atoms in total. The molecule has 1 aliphatic rings. The lowest BCUT2D eigenvalue weighted by atomic mass is 10.1. The van der Waals surface area contributed by atoms with Gasteiger partial charge in [0.15, 0.2) is 11.5 Å². The molecule has 0 bridgehead atoms. The normalized spacial score (nSPS) is 18.0. The maximum Gasteiger partial charge on any atom is 0.339 e. The van der Waals surface area contributed by atoms with E-state index in [1.54, 1.807) is 0 Å². The number of aromatic carboxylic acids is 1. The van der Waals surface area contributed by atoms with Crippen LogP contribution in [0.1, 0.15) is 29.6 Å². The van der Waals surface area contributed by atoms with Crippen LogP contribution in [-0.4, -0.2) is 37.5 Å². The van der Waals surface area contributed by atoms with Crippen molar-refractivity contribution < 1.29 is 24.1 Å². The summed E-state index contributed by atoms with van der Waals surface area (Å²) in [5.74, 6) is -0.567. The molecule has 110 valence electrons. The fourth-order valence-corrected chi connectivity index (χ4v) is 2.40. The average molecular weight is 301 g/mol. The molecule has 1 aromatic carbocycles. The summed E-state index contributed by atoms with van der Waals surface area (Å²) in [6.45, 7) is 1.16. The number of rotatable bonds is 6. The lowest BCUT2D eigenvalue weighted by molar-refractivity contribution is 0.0687. The molecular formula is C14H17ClO5. The van der Waals surface area contributed by atoms with E-state index in [-0.39, 0.29) is 17.4 Å². The summed E-state index contributed by atoms with van der Waals surface area (Å²) in [7, 11) is 1.45. The summed E-state index contributed by atoms with van der Waals surface area (Å²) in [6.07, 6.45) is 3.01. The average Bonchev–Trinajstić information content (AvgIpc) is 2.92. The van der Waals surface area contributed by atoms with Crippen molar-refractivity contribution in [2.24, 2.45) is 0 Å². The number of methoxy groups -OCH3 is 1. The number of benzene rings is 1. The highest BCUT2D eigenvalue weighted by atomic mass is 35.5. The summed E-state index contributed by atoms with van der Waals surface area (Å²) in [6, 6.07) is 2.89. The van der Waals surface area contributed by atoms with Crippen molar-refractivity contribution in [1.29, 1.82) is 0 Å². The van der Waals surface area contributed by atoms with Gasteiger partial charge in [0.1, 0.15) is 5.56 Å². The summed E-state index contributed by atoms with van der Waals surface area (Å²) < 4.78 is 16.2. The van der Waals surface area contributed by atoms with E-state index in [1.165, 1.54) is 19.2 Å². The highest BCUT2D eigenvalue weighted by molar-refractivity contribution is 6.31. The fourth-order valence-electron chi connectivity index (χ4n) is 2.19. The van der Waals surface area contributed by atoms with Crippen LogP contribution in [0.15, 0.2) is 12.1 Å². The Labute approximate surface area is 122 Å². The van der Waals surface area contributed by atoms with Gasteiger partial charge >= 0.3 is 5.97 Å². The van der Waals surface area contributed by atoms with Crippen molar-refractivity contribution in [2.75, 3.05) is 20.3 Å². The smallest absolute Gasteiger partial charge is 0.339 e. The van der Waals surface area contributed by atoms with Crippen molar-refractivity contribution in [2.45, 2.75) is 25.4 Å². The molecule has 1 saturated heterocycles. The first-order valence-corrected chi connectivity index (χ1v) is 6.85. The number of carboxylic acids is 1. The lowest BCUT2D eigenvalue weighted by Gasteiger charge is -2.15. The number of carbonyl (C=O) groups is 1. The van der Waals surface area contributed by atoms with Crippen LogP contribution in [0, 0.1) is 0 Å². The molecule has 1 aliphatic heterocycles. The third-order valence-corrected chi connectivity index (χ3v) is 3.40. The SMILES string of the molecule is COc1cc(Cl)cc(C(=O)O)c1OCCC1CCCO1. The van der Waals surface area contributed by atoms with Gasteiger partial charge in [0.2, 0.25) is 0 Å². The highest BCUT2D eigenvalue weighted by Gasteiger charge is 2.20. The zero-order valence-corrected chi connectivity index (χ0v) is 12.0. The molecular weight excluding hydrogens is 284 g/mol. The maximum absolute atomic E-state index is 11.2. The molecule has 0 saturated carbocycles. The van der Waals surface area contributed by atoms with E-state index in [2.05, 4.69) is 0 Å². The lowest BCUT2D eigenvalue weighted by Crippen LogP contribution is -2.12. The van der Waals surface area contributed by atoms with Crippen LogP contribution < -0.4 is 9.47 Å². The number of carboxylic acid groups (broad SMARTS) is 1. The Morgan fingerprint density at radius 1 is 1.55 bits per heavy atom. The van der Waals surface area contributed by atoms with Crippen LogP contribution in [0.3, 0.4) is 0 Å². The minimum Gasteiger partial charge on any atom is -0.493 e. The molecule has 0 aliphatic carbocycles. The molecule has 1 heterocycles. The molecule has 1 aromatic rings. The van der Waals surface area contributed by atoms with Gasteiger partial charge in [0.25, 0.3) is 0 Å². The van der Waals surface area contributed by atoms with Gasteiger partial charge in [-0.3, -0.25) is 0 Å². The predicted molar refractivity (Wildman–Crippen MR) is 74.0 cm³/mol. The van der Waals surface area contributed by atoms with Gasteiger partial charge in [-0.15, -0.1) is 0 Å². The Morgan fingerprint density at radius 2 is 2.35 bits per heavy atom. The van der Waals surface area contributed by atoms with Crippen LogP contribution in [-0.2, 0) is 4.74 Å². The third kappa shape index (κ3) is 3.55. The van der Waals surface area contributed by atoms with Crippen molar-refractivity contribution in [1.82, 2.24) is 0 Å². The van der Waals surface area contributed by atoms with Gasteiger partial charge in [-0.05, 0) is 18.9 Å². The quantitative estimate of drug-likeness (QED) is 0.875. The molecule has 1 atom stereocenters. The molecule has 0 aromatic heterocycles. The van der Waals surface area contributed by atoms with E-state index in [4.69, 9.17) is 25.8 Å². The zero-order valence-electron chi connectivity index (χ0n) is 11.2. The molecule has 20 heavy (non-hydrogen) atoms. The summed E-state index contributed by atoms with van der Waals surface area (Å²) in [5, 5.41) is 9.50. The first kappa shape index (κ1) is 14.9. The Morgan fingerprint density at radius 3 is 2.95 bits per heavy atom. The van der Waals surface area contributed by atoms with E-state index >= 15 is 0 Å². The third-order valence-electron chi connectivity index (χ3n) is 3.18. The number of ether oxygens (including phenoxy) is 3. The van der Waals surface area contributed by atoms with E-state index in [9.17, 15) is 9.90 Å². The Bertz CT molecular complexity index is 483. The standard InChI is InChI=1S/C14H17ClO5/c1-18-12-8-9(15)7-11(14(16)17)13(12)20-6-4-10-3-2-5-19-10/h7-8,10H,2-6H2,1H3,(H,16,17). The van der Waals surface area contributed by atoms with Crippen LogP contribution >= 0.6 is 11.6 Å². The van der Waals surface area contributed by atoms with Crippen molar-refractivity contribution in [3.05, 3.63) is 22.7 Å². The number of hydrogen-bond donors (Lipinski definition) is 1. The monoisotopic (exact) mass is 300 g/mol. The van der Waals surface area contributed by atoms with Gasteiger partial charge in [-0.2, -0.15) is 0 Å². The van der Waals surface area contributed by atoms with Gasteiger partial charge in [0.05, 0.1) is 19.8 Å². The highest BCUT2D eigenvalue weighted by Crippen LogP contribution is 2.35. The molecule has 6 heteroatoms. The van der Waals surface area contributed by atoms with Gasteiger partial charge in [-0.25, -0.2) is 4.79 Å². The van der Waals surface area contributed by atoms with E-state index in [1.807, 2.05) is 0 Å². The van der Waals surface area contributed by atoms with Crippen LogP contribution in [0.2, 0.25) is 5.02 Å². The zero-order chi connectivity index (χ0) is 14.5. The first-order valence-electron chi connectivity index (χ1n) is 6.47. The summed E-state index contributed by atoms with van der Waals surface area (Å²) in [5.41, 5.74) is 0.00157. The first-order chi connectivity index (χ1) is 9.61. The van der Waals surface area contributed by atoms with Crippen LogP contribution in [0.5, 0.6) is 11.5 Å². The van der Waals surface area contributed by atoms with Gasteiger partial charge < -0.3 is 19.3 Å². The second-order valence-electron chi connectivity index (χ2n) is 4.56. The van der Waals surface area contributed by atoms with E-state index in [0.29, 0.717) is 17.4 Å². The molecule has 1 fully saturated rings. The van der Waals surface area contributed by atoms with Gasteiger partial charge in [0, 0.05) is 24.1 Å². The summed E-state index contributed by atoms with van der Waals surface area (Å²) in [4.78, 5) is 11.2. The van der Waals surface area contributed by atoms with E-state index < -0.39 is 5.97 Å². The molecule has 0 spiro atoms. The predicted octanol–water partition coefficient (Wildman–Crippen LogP) is 2.99. The minimum absolute atomic E-state index is 0.00157. The molecule has 0 amide bonds.